The number of ether oxygens (including phenoxy) is 2. The summed E-state index contributed by atoms with van der Waals surface area (Å²) in [7, 11) is 0. The maximum absolute atomic E-state index is 12.4. The second-order valence-corrected chi connectivity index (χ2v) is 7.78. The van der Waals surface area contributed by atoms with Crippen LogP contribution in [0.15, 0.2) is 18.2 Å². The third-order valence-corrected chi connectivity index (χ3v) is 5.34. The lowest BCUT2D eigenvalue weighted by Crippen LogP contribution is -2.48. The third-order valence-electron chi connectivity index (χ3n) is 5.10. The Kier molecular flexibility index (Phi) is 6.78. The average molecular weight is 409 g/mol. The van der Waals surface area contributed by atoms with E-state index < -0.39 is 29.9 Å². The predicted octanol–water partition coefficient (Wildman–Crippen LogP) is 2.98. The fourth-order valence-electron chi connectivity index (χ4n) is 3.52. The van der Waals surface area contributed by atoms with Gasteiger partial charge in [-0.3, -0.25) is 14.9 Å². The van der Waals surface area contributed by atoms with Gasteiger partial charge >= 0.3 is 12.0 Å². The first-order chi connectivity index (χ1) is 13.4. The van der Waals surface area contributed by atoms with Crippen molar-refractivity contribution >= 4 is 29.5 Å². The average Bonchev–Trinajstić information content (AvgIpc) is 2.67. The monoisotopic (exact) mass is 408 g/mol. The molecule has 1 aliphatic carbocycles. The smallest absolute Gasteiger partial charge is 0.321 e. The molecule has 28 heavy (non-hydrogen) atoms. The lowest BCUT2D eigenvalue weighted by atomic mass is 9.96. The van der Waals surface area contributed by atoms with Crippen molar-refractivity contribution in [3.63, 3.8) is 0 Å². The summed E-state index contributed by atoms with van der Waals surface area (Å²) in [5.41, 5.74) is 0.824. The summed E-state index contributed by atoms with van der Waals surface area (Å²) < 4.78 is 10.8. The van der Waals surface area contributed by atoms with E-state index in [1.807, 2.05) is 0 Å². The van der Waals surface area contributed by atoms with Gasteiger partial charge in [0.1, 0.15) is 12.4 Å². The van der Waals surface area contributed by atoms with Gasteiger partial charge in [0.05, 0.1) is 5.92 Å². The van der Waals surface area contributed by atoms with Crippen LogP contribution >= 0.6 is 11.6 Å². The number of hydrogen-bond donors (Lipinski definition) is 2. The van der Waals surface area contributed by atoms with E-state index in [0.717, 1.165) is 31.2 Å². The number of halogens is 1. The zero-order chi connectivity index (χ0) is 20.1. The van der Waals surface area contributed by atoms with E-state index in [4.69, 9.17) is 21.1 Å². The molecule has 3 amide bonds. The number of carbonyl (C=O) groups is 3. The summed E-state index contributed by atoms with van der Waals surface area (Å²) in [4.78, 5) is 36.5. The van der Waals surface area contributed by atoms with Crippen molar-refractivity contribution < 1.29 is 23.9 Å². The van der Waals surface area contributed by atoms with Gasteiger partial charge < -0.3 is 14.8 Å². The highest BCUT2D eigenvalue weighted by Crippen LogP contribution is 2.30. The van der Waals surface area contributed by atoms with Crippen LogP contribution in [0.4, 0.5) is 4.79 Å². The molecule has 0 unspecified atom stereocenters. The molecule has 2 aliphatic rings. The van der Waals surface area contributed by atoms with Crippen LogP contribution < -0.4 is 15.4 Å². The first-order valence-corrected chi connectivity index (χ1v) is 10.0. The summed E-state index contributed by atoms with van der Waals surface area (Å²) >= 11 is 5.99. The fourth-order valence-corrected chi connectivity index (χ4v) is 3.72. The van der Waals surface area contributed by atoms with Crippen LogP contribution in [0.5, 0.6) is 5.75 Å². The van der Waals surface area contributed by atoms with Crippen LogP contribution in [0.25, 0.3) is 0 Å². The van der Waals surface area contributed by atoms with E-state index in [1.165, 1.54) is 13.3 Å². The van der Waals surface area contributed by atoms with Crippen LogP contribution in [0, 0.1) is 5.92 Å². The number of amides is 3. The lowest BCUT2D eigenvalue weighted by Gasteiger charge is -2.25. The second-order valence-electron chi connectivity index (χ2n) is 7.34. The number of hydrogen-bond acceptors (Lipinski definition) is 5. The maximum atomic E-state index is 12.4. The number of esters is 1. The Morgan fingerprint density at radius 1 is 1.21 bits per heavy atom. The van der Waals surface area contributed by atoms with Gasteiger partial charge in [0.25, 0.3) is 5.91 Å². The Morgan fingerprint density at radius 3 is 2.71 bits per heavy atom. The van der Waals surface area contributed by atoms with Crippen LogP contribution in [0.2, 0.25) is 5.02 Å². The standard InChI is InChI=1S/C20H25ClN2O5/c1-12(18(24)23-20(26)22-16-5-3-2-4-6-16)28-19(25)14-9-13-10-15(21)7-8-17(13)27-11-14/h7-8,10,12,14,16H,2-6,9,11H2,1H3,(H2,22,23,24,26)/t12-,14-/m1/s1. The molecule has 1 aliphatic heterocycles. The SMILES string of the molecule is C[C@@H](OC(=O)[C@H]1COc2ccc(Cl)cc2C1)C(=O)NC(=O)NC1CCCCC1. The van der Waals surface area contributed by atoms with Crippen LogP contribution in [0.1, 0.15) is 44.6 Å². The molecular formula is C20H25ClN2O5. The van der Waals surface area contributed by atoms with Gasteiger partial charge in [-0.15, -0.1) is 0 Å². The molecule has 3 rings (SSSR count). The van der Waals surface area contributed by atoms with Crippen molar-refractivity contribution in [3.8, 4) is 5.75 Å². The summed E-state index contributed by atoms with van der Waals surface area (Å²) in [6.45, 7) is 1.61. The summed E-state index contributed by atoms with van der Waals surface area (Å²) in [5.74, 6) is -1.03. The quantitative estimate of drug-likeness (QED) is 0.747. The first kappa shape index (κ1) is 20.5. The van der Waals surface area contributed by atoms with Crippen molar-refractivity contribution in [1.82, 2.24) is 10.6 Å². The highest BCUT2D eigenvalue weighted by molar-refractivity contribution is 6.30. The highest BCUT2D eigenvalue weighted by atomic mass is 35.5. The fraction of sp³-hybridized carbons (Fsp3) is 0.550. The van der Waals surface area contributed by atoms with E-state index in [9.17, 15) is 14.4 Å². The molecule has 1 aromatic rings. The number of rotatable bonds is 4. The van der Waals surface area contributed by atoms with Crippen LogP contribution in [0.3, 0.4) is 0 Å². The van der Waals surface area contributed by atoms with E-state index in [-0.39, 0.29) is 12.6 Å². The van der Waals surface area contributed by atoms with E-state index in [1.54, 1.807) is 18.2 Å². The molecule has 1 saturated carbocycles. The zero-order valence-corrected chi connectivity index (χ0v) is 16.6. The number of urea groups is 1. The number of benzene rings is 1. The van der Waals surface area contributed by atoms with Crippen molar-refractivity contribution in [2.24, 2.45) is 5.92 Å². The van der Waals surface area contributed by atoms with Gasteiger partial charge in [-0.1, -0.05) is 30.9 Å². The van der Waals surface area contributed by atoms with E-state index in [0.29, 0.717) is 17.2 Å². The molecule has 8 heteroatoms. The van der Waals surface area contributed by atoms with Crippen LogP contribution in [-0.4, -0.2) is 36.7 Å². The molecule has 1 heterocycles. The lowest BCUT2D eigenvalue weighted by molar-refractivity contribution is -0.159. The Bertz CT molecular complexity index is 748. The topological polar surface area (TPSA) is 93.7 Å². The minimum Gasteiger partial charge on any atom is -0.492 e. The normalized spacial score (nSPS) is 20.3. The largest absolute Gasteiger partial charge is 0.492 e. The molecule has 1 aromatic carbocycles. The minimum atomic E-state index is -1.08. The van der Waals surface area contributed by atoms with Crippen molar-refractivity contribution in [2.45, 2.75) is 57.6 Å². The van der Waals surface area contributed by atoms with Gasteiger partial charge in [-0.25, -0.2) is 4.79 Å². The third kappa shape index (κ3) is 5.38. The van der Waals surface area contributed by atoms with Crippen molar-refractivity contribution in [2.75, 3.05) is 6.61 Å². The number of nitrogens with one attached hydrogen (secondary N) is 2. The van der Waals surface area contributed by atoms with Gasteiger partial charge in [0, 0.05) is 11.1 Å². The van der Waals surface area contributed by atoms with Gasteiger partial charge in [0.2, 0.25) is 0 Å². The number of fused-ring (bicyclic) bond motifs is 1. The van der Waals surface area contributed by atoms with Gasteiger partial charge in [0.15, 0.2) is 6.10 Å². The first-order valence-electron chi connectivity index (χ1n) is 9.65. The Labute approximate surface area is 169 Å². The predicted molar refractivity (Wildman–Crippen MR) is 103 cm³/mol. The van der Waals surface area contributed by atoms with Gasteiger partial charge in [-0.2, -0.15) is 0 Å². The highest BCUT2D eigenvalue weighted by Gasteiger charge is 2.30. The Balaban J connectivity index is 1.47. The molecule has 0 spiro atoms. The van der Waals surface area contributed by atoms with Crippen molar-refractivity contribution in [1.29, 1.82) is 0 Å². The molecule has 0 aromatic heterocycles. The Morgan fingerprint density at radius 2 is 1.96 bits per heavy atom. The number of imide groups is 1. The molecule has 7 nitrogen and oxygen atoms in total. The molecule has 1 fully saturated rings. The van der Waals surface area contributed by atoms with E-state index >= 15 is 0 Å². The molecule has 2 atom stereocenters. The Hall–Kier alpha value is -2.28. The maximum Gasteiger partial charge on any atom is 0.321 e. The zero-order valence-electron chi connectivity index (χ0n) is 15.8. The molecule has 0 radical (unpaired) electrons. The molecule has 0 saturated heterocycles. The van der Waals surface area contributed by atoms with Crippen molar-refractivity contribution in [3.05, 3.63) is 28.8 Å². The molecule has 0 bridgehead atoms. The summed E-state index contributed by atoms with van der Waals surface area (Å²) in [6.07, 6.45) is 4.50. The summed E-state index contributed by atoms with van der Waals surface area (Å²) in [5, 5.41) is 5.60. The molecule has 2 N–H and O–H groups in total. The second kappa shape index (κ2) is 9.28. The van der Waals surface area contributed by atoms with E-state index in [2.05, 4.69) is 10.6 Å². The summed E-state index contributed by atoms with van der Waals surface area (Å²) in [6, 6.07) is 4.78. The molecular weight excluding hydrogens is 384 g/mol. The minimum absolute atomic E-state index is 0.0886. The molecule has 152 valence electrons. The van der Waals surface area contributed by atoms with Gasteiger partial charge in [-0.05, 0) is 49.9 Å². The van der Waals surface area contributed by atoms with Crippen LogP contribution in [-0.2, 0) is 20.7 Å². The number of carbonyl (C=O) groups excluding carboxylic acids is 3.